The molecule has 1 atom stereocenters. The molecule has 0 aliphatic heterocycles. The summed E-state index contributed by atoms with van der Waals surface area (Å²) in [5.41, 5.74) is 1.19. The SMILES string of the molecule is Cn1cccc1C(O)CCNS(=O)(=O)c1cccc2cccnc12. The minimum absolute atomic E-state index is 0.137. The normalized spacial score (nSPS) is 13.2. The van der Waals surface area contributed by atoms with Gasteiger partial charge in [0.1, 0.15) is 4.90 Å². The summed E-state index contributed by atoms with van der Waals surface area (Å²) in [4.78, 5) is 4.32. The standard InChI is InChI=1S/C17H19N3O3S/c1-20-12-4-7-14(20)15(21)9-11-19-24(22,23)16-8-2-5-13-6-3-10-18-17(13)16/h2-8,10,12,15,19,21H,9,11H2,1H3. The Balaban J connectivity index is 1.73. The van der Waals surface area contributed by atoms with E-state index < -0.39 is 16.1 Å². The maximum atomic E-state index is 12.5. The van der Waals surface area contributed by atoms with Gasteiger partial charge in [-0.15, -0.1) is 0 Å². The average molecular weight is 345 g/mol. The number of hydrogen-bond donors (Lipinski definition) is 2. The molecule has 1 aromatic carbocycles. The van der Waals surface area contributed by atoms with Gasteiger partial charge in [0.2, 0.25) is 10.0 Å². The quantitative estimate of drug-likeness (QED) is 0.715. The highest BCUT2D eigenvalue weighted by molar-refractivity contribution is 7.89. The Labute approximate surface area is 140 Å². The van der Waals surface area contributed by atoms with Gasteiger partial charge >= 0.3 is 0 Å². The molecule has 0 aliphatic rings. The van der Waals surface area contributed by atoms with Crippen molar-refractivity contribution in [3.8, 4) is 0 Å². The zero-order valence-electron chi connectivity index (χ0n) is 13.3. The maximum Gasteiger partial charge on any atom is 0.242 e. The Morgan fingerprint density at radius 1 is 1.21 bits per heavy atom. The second-order valence-electron chi connectivity index (χ2n) is 5.58. The van der Waals surface area contributed by atoms with E-state index in [-0.39, 0.29) is 17.9 Å². The highest BCUT2D eigenvalue weighted by Gasteiger charge is 2.19. The van der Waals surface area contributed by atoms with E-state index in [0.29, 0.717) is 5.52 Å². The van der Waals surface area contributed by atoms with Gasteiger partial charge in [-0.1, -0.05) is 18.2 Å². The lowest BCUT2D eigenvalue weighted by molar-refractivity contribution is 0.161. The number of fused-ring (bicyclic) bond motifs is 1. The van der Waals surface area contributed by atoms with Crippen LogP contribution in [0.2, 0.25) is 0 Å². The molecule has 6 nitrogen and oxygen atoms in total. The largest absolute Gasteiger partial charge is 0.387 e. The van der Waals surface area contributed by atoms with Gasteiger partial charge < -0.3 is 9.67 Å². The predicted molar refractivity (Wildman–Crippen MR) is 91.9 cm³/mol. The van der Waals surface area contributed by atoms with E-state index in [2.05, 4.69) is 9.71 Å². The fourth-order valence-corrected chi connectivity index (χ4v) is 3.89. The molecule has 0 saturated carbocycles. The van der Waals surface area contributed by atoms with Crippen molar-refractivity contribution in [3.05, 3.63) is 60.6 Å². The van der Waals surface area contributed by atoms with Crippen LogP contribution < -0.4 is 4.72 Å². The summed E-state index contributed by atoms with van der Waals surface area (Å²) in [6, 6.07) is 12.3. The van der Waals surface area contributed by atoms with Crippen molar-refractivity contribution in [1.29, 1.82) is 0 Å². The van der Waals surface area contributed by atoms with E-state index >= 15 is 0 Å². The molecule has 7 heteroatoms. The maximum absolute atomic E-state index is 12.5. The molecule has 3 aromatic rings. The molecule has 0 amide bonds. The van der Waals surface area contributed by atoms with Crippen LogP contribution in [0.25, 0.3) is 10.9 Å². The number of aromatic nitrogens is 2. The third kappa shape index (κ3) is 3.33. The molecule has 0 spiro atoms. The molecule has 24 heavy (non-hydrogen) atoms. The van der Waals surface area contributed by atoms with Gasteiger partial charge in [-0.2, -0.15) is 0 Å². The Morgan fingerprint density at radius 3 is 2.75 bits per heavy atom. The van der Waals surface area contributed by atoms with E-state index in [9.17, 15) is 13.5 Å². The van der Waals surface area contributed by atoms with Crippen molar-refractivity contribution in [1.82, 2.24) is 14.3 Å². The molecule has 2 aromatic heterocycles. The summed E-state index contributed by atoms with van der Waals surface area (Å²) in [5.74, 6) is 0. The second-order valence-corrected chi connectivity index (χ2v) is 7.31. The van der Waals surface area contributed by atoms with E-state index in [4.69, 9.17) is 0 Å². The molecular weight excluding hydrogens is 326 g/mol. The highest BCUT2D eigenvalue weighted by atomic mass is 32.2. The van der Waals surface area contributed by atoms with Crippen LogP contribution in [0, 0.1) is 0 Å². The van der Waals surface area contributed by atoms with Crippen molar-refractivity contribution in [2.45, 2.75) is 17.4 Å². The molecular formula is C17H19N3O3S. The second kappa shape index (κ2) is 6.72. The minimum Gasteiger partial charge on any atom is -0.387 e. The number of benzene rings is 1. The van der Waals surface area contributed by atoms with Crippen molar-refractivity contribution >= 4 is 20.9 Å². The summed E-state index contributed by atoms with van der Waals surface area (Å²) in [7, 11) is -1.85. The first kappa shape index (κ1) is 16.6. The Hall–Kier alpha value is -2.22. The fraction of sp³-hybridized carbons (Fsp3) is 0.235. The van der Waals surface area contributed by atoms with Gasteiger partial charge in [0.25, 0.3) is 0 Å². The van der Waals surface area contributed by atoms with E-state index in [1.807, 2.05) is 42.1 Å². The van der Waals surface area contributed by atoms with Crippen molar-refractivity contribution in [2.75, 3.05) is 6.54 Å². The van der Waals surface area contributed by atoms with Gasteiger partial charge in [0.15, 0.2) is 0 Å². The molecule has 2 heterocycles. The molecule has 0 bridgehead atoms. The molecule has 0 radical (unpaired) electrons. The minimum atomic E-state index is -3.69. The zero-order valence-corrected chi connectivity index (χ0v) is 14.1. The molecule has 3 rings (SSSR count). The fourth-order valence-electron chi connectivity index (χ4n) is 2.67. The number of para-hydroxylation sites is 1. The first-order chi connectivity index (χ1) is 11.5. The van der Waals surface area contributed by atoms with Gasteiger partial charge in [-0.25, -0.2) is 13.1 Å². The summed E-state index contributed by atoms with van der Waals surface area (Å²) in [5, 5.41) is 10.9. The van der Waals surface area contributed by atoms with Gasteiger partial charge in [-0.3, -0.25) is 4.98 Å². The molecule has 1 unspecified atom stereocenters. The van der Waals surface area contributed by atoms with Crippen LogP contribution in [-0.2, 0) is 17.1 Å². The smallest absolute Gasteiger partial charge is 0.242 e. The van der Waals surface area contributed by atoms with Gasteiger partial charge in [0.05, 0.1) is 11.6 Å². The van der Waals surface area contributed by atoms with E-state index in [1.54, 1.807) is 18.3 Å². The van der Waals surface area contributed by atoms with Crippen LogP contribution >= 0.6 is 0 Å². The number of aryl methyl sites for hydroxylation is 1. The van der Waals surface area contributed by atoms with Gasteiger partial charge in [-0.05, 0) is 30.7 Å². The summed E-state index contributed by atoms with van der Waals surface area (Å²) in [6.07, 6.45) is 2.97. The number of nitrogens with zero attached hydrogens (tertiary/aromatic N) is 2. The van der Waals surface area contributed by atoms with E-state index in [0.717, 1.165) is 11.1 Å². The number of aliphatic hydroxyl groups is 1. The summed E-state index contributed by atoms with van der Waals surface area (Å²) >= 11 is 0. The van der Waals surface area contributed by atoms with Gasteiger partial charge in [0, 0.05) is 37.1 Å². The first-order valence-electron chi connectivity index (χ1n) is 7.62. The Morgan fingerprint density at radius 2 is 2.00 bits per heavy atom. The third-order valence-electron chi connectivity index (χ3n) is 3.92. The lowest BCUT2D eigenvalue weighted by atomic mass is 10.2. The van der Waals surface area contributed by atoms with Crippen LogP contribution in [0.4, 0.5) is 0 Å². The predicted octanol–water partition coefficient (Wildman–Crippen LogP) is 1.98. The molecule has 126 valence electrons. The molecule has 2 N–H and O–H groups in total. The number of sulfonamides is 1. The number of rotatable bonds is 6. The lowest BCUT2D eigenvalue weighted by Gasteiger charge is -2.13. The van der Waals surface area contributed by atoms with Crippen LogP contribution in [0.15, 0.2) is 59.8 Å². The Kier molecular flexibility index (Phi) is 4.66. The van der Waals surface area contributed by atoms with Crippen LogP contribution in [0.3, 0.4) is 0 Å². The summed E-state index contributed by atoms with van der Waals surface area (Å²) < 4.78 is 29.4. The van der Waals surface area contributed by atoms with Crippen molar-refractivity contribution in [2.24, 2.45) is 7.05 Å². The molecule has 0 fully saturated rings. The highest BCUT2D eigenvalue weighted by Crippen LogP contribution is 2.21. The number of hydrogen-bond acceptors (Lipinski definition) is 4. The zero-order chi connectivity index (χ0) is 17.2. The Bertz CT molecular complexity index is 945. The summed E-state index contributed by atoms with van der Waals surface area (Å²) in [6.45, 7) is 0.137. The van der Waals surface area contributed by atoms with Crippen LogP contribution in [-0.4, -0.2) is 29.6 Å². The monoisotopic (exact) mass is 345 g/mol. The van der Waals surface area contributed by atoms with E-state index in [1.165, 1.54) is 6.07 Å². The number of aliphatic hydroxyl groups excluding tert-OH is 1. The molecule has 0 aliphatic carbocycles. The number of pyridine rings is 1. The van der Waals surface area contributed by atoms with Crippen LogP contribution in [0.1, 0.15) is 18.2 Å². The molecule has 0 saturated heterocycles. The number of nitrogens with one attached hydrogen (secondary N) is 1. The third-order valence-corrected chi connectivity index (χ3v) is 5.41. The average Bonchev–Trinajstić information content (AvgIpc) is 3.00. The lowest BCUT2D eigenvalue weighted by Crippen LogP contribution is -2.26. The van der Waals surface area contributed by atoms with Crippen LogP contribution in [0.5, 0.6) is 0 Å². The van der Waals surface area contributed by atoms with Crippen molar-refractivity contribution in [3.63, 3.8) is 0 Å². The first-order valence-corrected chi connectivity index (χ1v) is 9.10. The topological polar surface area (TPSA) is 84.2 Å². The van der Waals surface area contributed by atoms with Crippen molar-refractivity contribution < 1.29 is 13.5 Å².